The Balaban J connectivity index is 1.91. The molecule has 1 aromatic carbocycles. The van der Waals surface area contributed by atoms with Gasteiger partial charge in [0.25, 0.3) is 0 Å². The van der Waals surface area contributed by atoms with E-state index in [4.69, 9.17) is 0 Å². The van der Waals surface area contributed by atoms with Gasteiger partial charge in [0.15, 0.2) is 4.34 Å². The summed E-state index contributed by atoms with van der Waals surface area (Å²) in [6, 6.07) is 7.33. The van der Waals surface area contributed by atoms with E-state index >= 15 is 0 Å². The van der Waals surface area contributed by atoms with Gasteiger partial charge in [-0.05, 0) is 39.0 Å². The molecule has 2 aromatic rings. The van der Waals surface area contributed by atoms with Crippen LogP contribution in [0, 0.1) is 0 Å². The van der Waals surface area contributed by atoms with E-state index in [-0.39, 0.29) is 17.4 Å². The molecule has 0 aliphatic heterocycles. The second-order valence-corrected chi connectivity index (χ2v) is 8.55. The maximum Gasteiger partial charge on any atom is 0.230 e. The number of hydrogen-bond donors (Lipinski definition) is 3. The van der Waals surface area contributed by atoms with Gasteiger partial charge < -0.3 is 16.0 Å². The minimum Gasteiger partial charge on any atom is -0.351 e. The van der Waals surface area contributed by atoms with Gasteiger partial charge in [-0.2, -0.15) is 0 Å². The summed E-state index contributed by atoms with van der Waals surface area (Å²) in [5.74, 6) is 0.134. The lowest BCUT2D eigenvalue weighted by Gasteiger charge is -2.19. The second kappa shape index (κ2) is 8.30. The highest BCUT2D eigenvalue weighted by atomic mass is 32.2. The molecule has 134 valence electrons. The smallest absolute Gasteiger partial charge is 0.230 e. The van der Waals surface area contributed by atoms with Crippen LogP contribution in [-0.4, -0.2) is 33.3 Å². The number of nitrogens with zero attached hydrogens (tertiary/aromatic N) is 2. The van der Waals surface area contributed by atoms with Crippen molar-refractivity contribution in [2.75, 3.05) is 16.4 Å². The number of amides is 2. The minimum atomic E-state index is -0.246. The summed E-state index contributed by atoms with van der Waals surface area (Å²) in [5, 5.41) is 17.5. The van der Waals surface area contributed by atoms with Gasteiger partial charge in [-0.3, -0.25) is 9.59 Å². The van der Waals surface area contributed by atoms with E-state index in [1.807, 2.05) is 45.0 Å². The maximum atomic E-state index is 11.8. The number of hydrogen-bond acceptors (Lipinski definition) is 7. The summed E-state index contributed by atoms with van der Waals surface area (Å²) in [6.45, 7) is 7.29. The fourth-order valence-electron chi connectivity index (χ4n) is 1.90. The van der Waals surface area contributed by atoms with Crippen LogP contribution in [0.4, 0.5) is 16.5 Å². The van der Waals surface area contributed by atoms with Crippen molar-refractivity contribution in [1.29, 1.82) is 0 Å². The molecule has 9 heteroatoms. The van der Waals surface area contributed by atoms with Crippen molar-refractivity contribution in [2.24, 2.45) is 0 Å². The summed E-state index contributed by atoms with van der Waals surface area (Å²) in [6.07, 6.45) is 0. The number of nitrogens with one attached hydrogen (secondary N) is 3. The topological polar surface area (TPSA) is 96.0 Å². The van der Waals surface area contributed by atoms with E-state index in [1.54, 1.807) is 0 Å². The third-order valence-corrected chi connectivity index (χ3v) is 4.65. The maximum absolute atomic E-state index is 11.8. The summed E-state index contributed by atoms with van der Waals surface area (Å²) >= 11 is 2.72. The molecule has 0 fully saturated rings. The van der Waals surface area contributed by atoms with E-state index in [1.165, 1.54) is 30.0 Å². The third kappa shape index (κ3) is 7.10. The quantitative estimate of drug-likeness (QED) is 0.667. The van der Waals surface area contributed by atoms with Crippen LogP contribution < -0.4 is 16.0 Å². The van der Waals surface area contributed by atoms with E-state index in [0.29, 0.717) is 20.9 Å². The average molecular weight is 380 g/mol. The van der Waals surface area contributed by atoms with Crippen LogP contribution in [0.5, 0.6) is 0 Å². The number of carbonyl (C=O) groups excluding carboxylic acids is 2. The highest BCUT2D eigenvalue weighted by Crippen LogP contribution is 2.28. The van der Waals surface area contributed by atoms with Crippen molar-refractivity contribution in [1.82, 2.24) is 15.5 Å². The molecule has 3 N–H and O–H groups in total. The standard InChI is InChI=1S/C16H21N5O2S2/c1-10(22)17-11-6-5-7-12(8-11)18-14-20-21-15(25-14)24-9-13(23)19-16(2,3)4/h5-8H,9H2,1-4H3,(H,17,22)(H,18,20)(H,19,23). The van der Waals surface area contributed by atoms with E-state index in [0.717, 1.165) is 5.69 Å². The van der Waals surface area contributed by atoms with Crippen LogP contribution in [-0.2, 0) is 9.59 Å². The lowest BCUT2D eigenvalue weighted by molar-refractivity contribution is -0.120. The molecule has 0 radical (unpaired) electrons. The van der Waals surface area contributed by atoms with Crippen molar-refractivity contribution >= 4 is 51.4 Å². The largest absolute Gasteiger partial charge is 0.351 e. The van der Waals surface area contributed by atoms with Gasteiger partial charge in [0.1, 0.15) is 0 Å². The summed E-state index contributed by atoms with van der Waals surface area (Å²) < 4.78 is 0.713. The van der Waals surface area contributed by atoms with Crippen LogP contribution in [0.25, 0.3) is 0 Å². The van der Waals surface area contributed by atoms with Gasteiger partial charge in [0.2, 0.25) is 16.9 Å². The fourth-order valence-corrected chi connectivity index (χ4v) is 3.47. The van der Waals surface area contributed by atoms with E-state index in [2.05, 4.69) is 26.1 Å². The van der Waals surface area contributed by atoms with Crippen molar-refractivity contribution in [3.8, 4) is 0 Å². The normalized spacial score (nSPS) is 11.0. The van der Waals surface area contributed by atoms with Gasteiger partial charge in [-0.1, -0.05) is 29.2 Å². The number of benzene rings is 1. The van der Waals surface area contributed by atoms with Crippen molar-refractivity contribution in [3.63, 3.8) is 0 Å². The Labute approximate surface area is 155 Å². The first-order valence-electron chi connectivity index (χ1n) is 7.63. The zero-order valence-corrected chi connectivity index (χ0v) is 16.2. The number of aromatic nitrogens is 2. The van der Waals surface area contributed by atoms with Crippen LogP contribution >= 0.6 is 23.1 Å². The monoisotopic (exact) mass is 379 g/mol. The van der Waals surface area contributed by atoms with Crippen LogP contribution in [0.3, 0.4) is 0 Å². The Morgan fingerprint density at radius 2 is 1.92 bits per heavy atom. The van der Waals surface area contributed by atoms with Crippen LogP contribution in [0.2, 0.25) is 0 Å². The van der Waals surface area contributed by atoms with Crippen molar-refractivity contribution in [2.45, 2.75) is 37.6 Å². The van der Waals surface area contributed by atoms with Gasteiger partial charge >= 0.3 is 0 Å². The predicted octanol–water partition coefficient (Wildman–Crippen LogP) is 3.25. The Morgan fingerprint density at radius 3 is 2.60 bits per heavy atom. The SMILES string of the molecule is CC(=O)Nc1cccc(Nc2nnc(SCC(=O)NC(C)(C)C)s2)c1. The predicted molar refractivity (Wildman–Crippen MR) is 103 cm³/mol. The molecule has 0 spiro atoms. The molecule has 0 saturated carbocycles. The Morgan fingerprint density at radius 1 is 1.20 bits per heavy atom. The Bertz CT molecular complexity index is 755. The molecule has 0 atom stereocenters. The number of anilines is 3. The Kier molecular flexibility index (Phi) is 6.38. The van der Waals surface area contributed by atoms with Gasteiger partial charge in [0.05, 0.1) is 5.75 Å². The first-order valence-corrected chi connectivity index (χ1v) is 9.43. The van der Waals surface area contributed by atoms with Gasteiger partial charge in [0, 0.05) is 23.8 Å². The fraction of sp³-hybridized carbons (Fsp3) is 0.375. The molecule has 0 aliphatic carbocycles. The van der Waals surface area contributed by atoms with Crippen LogP contribution in [0.1, 0.15) is 27.7 Å². The molecule has 2 rings (SSSR count). The van der Waals surface area contributed by atoms with Gasteiger partial charge in [-0.15, -0.1) is 10.2 Å². The zero-order valence-electron chi connectivity index (χ0n) is 14.5. The molecule has 0 saturated heterocycles. The number of thioether (sulfide) groups is 1. The van der Waals surface area contributed by atoms with E-state index in [9.17, 15) is 9.59 Å². The van der Waals surface area contributed by atoms with E-state index < -0.39 is 0 Å². The second-order valence-electron chi connectivity index (χ2n) is 6.35. The first-order chi connectivity index (χ1) is 11.7. The average Bonchev–Trinajstić information content (AvgIpc) is 2.90. The molecular formula is C16H21N5O2S2. The van der Waals surface area contributed by atoms with Crippen molar-refractivity contribution in [3.05, 3.63) is 24.3 Å². The molecule has 2 amide bonds. The molecule has 1 aromatic heterocycles. The highest BCUT2D eigenvalue weighted by molar-refractivity contribution is 8.01. The molecule has 25 heavy (non-hydrogen) atoms. The molecule has 1 heterocycles. The lowest BCUT2D eigenvalue weighted by Crippen LogP contribution is -2.41. The van der Waals surface area contributed by atoms with Crippen molar-refractivity contribution < 1.29 is 9.59 Å². The minimum absolute atomic E-state index is 0.0368. The zero-order chi connectivity index (χ0) is 18.4. The third-order valence-electron chi connectivity index (χ3n) is 2.68. The molecule has 7 nitrogen and oxygen atoms in total. The van der Waals surface area contributed by atoms with Gasteiger partial charge in [-0.25, -0.2) is 0 Å². The summed E-state index contributed by atoms with van der Waals surface area (Å²) in [4.78, 5) is 22.9. The molecule has 0 unspecified atom stereocenters. The summed E-state index contributed by atoms with van der Waals surface area (Å²) in [7, 11) is 0. The first kappa shape index (κ1) is 19.2. The highest BCUT2D eigenvalue weighted by Gasteiger charge is 2.15. The summed E-state index contributed by atoms with van der Waals surface area (Å²) in [5.41, 5.74) is 1.25. The lowest BCUT2D eigenvalue weighted by atomic mass is 10.1. The molecule has 0 bridgehead atoms. The molecule has 0 aliphatic rings. The molecular weight excluding hydrogens is 358 g/mol. The number of carbonyl (C=O) groups is 2. The van der Waals surface area contributed by atoms with Crippen LogP contribution in [0.15, 0.2) is 28.6 Å². The number of rotatable bonds is 6. The Hall–Kier alpha value is -2.13.